The lowest BCUT2D eigenvalue weighted by Crippen LogP contribution is -2.21. The molecule has 7 nitrogen and oxygen atoms in total. The molecule has 0 radical (unpaired) electrons. The van der Waals surface area contributed by atoms with Gasteiger partial charge in [0.15, 0.2) is 5.78 Å². The third-order valence-electron chi connectivity index (χ3n) is 4.64. The van der Waals surface area contributed by atoms with E-state index in [1.54, 1.807) is 24.3 Å². The Hall–Kier alpha value is -3.07. The first kappa shape index (κ1) is 18.3. The van der Waals surface area contributed by atoms with E-state index in [-0.39, 0.29) is 29.6 Å². The average Bonchev–Trinajstić information content (AvgIpc) is 3.00. The molecule has 0 spiro atoms. The second kappa shape index (κ2) is 6.52. The first-order valence-corrected chi connectivity index (χ1v) is 10.4. The van der Waals surface area contributed by atoms with Gasteiger partial charge >= 0.3 is 0 Å². The fourth-order valence-electron chi connectivity index (χ4n) is 3.33. The number of fused-ring (bicyclic) bond motifs is 2. The molecule has 1 amide bonds. The highest BCUT2D eigenvalue weighted by Gasteiger charge is 2.24. The number of anilines is 1. The van der Waals surface area contributed by atoms with Crippen LogP contribution < -0.4 is 5.32 Å². The van der Waals surface area contributed by atoms with Crippen molar-refractivity contribution in [2.75, 3.05) is 11.6 Å². The number of benzene rings is 2. The molecule has 0 aliphatic carbocycles. The molecule has 0 atom stereocenters. The van der Waals surface area contributed by atoms with Crippen LogP contribution in [0, 0.1) is 5.82 Å². The quantitative estimate of drug-likeness (QED) is 0.677. The Bertz CT molecular complexity index is 1250. The van der Waals surface area contributed by atoms with Crippen LogP contribution >= 0.6 is 0 Å². The van der Waals surface area contributed by atoms with Gasteiger partial charge in [0.1, 0.15) is 5.82 Å². The minimum absolute atomic E-state index is 0.146. The summed E-state index contributed by atoms with van der Waals surface area (Å²) < 4.78 is 40.0. The predicted octanol–water partition coefficient (Wildman–Crippen LogP) is 2.35. The fraction of sp³-hybridized carbons (Fsp3) is 0.211. The highest BCUT2D eigenvalue weighted by atomic mass is 32.2. The number of aryl methyl sites for hydroxylation is 1. The molecule has 0 bridgehead atoms. The van der Waals surface area contributed by atoms with E-state index in [0.717, 1.165) is 12.3 Å². The number of rotatable bonds is 4. The van der Waals surface area contributed by atoms with Crippen molar-refractivity contribution in [1.29, 1.82) is 0 Å². The lowest BCUT2D eigenvalue weighted by atomic mass is 9.98. The van der Waals surface area contributed by atoms with Gasteiger partial charge < -0.3 is 9.88 Å². The zero-order valence-electron chi connectivity index (χ0n) is 14.9. The van der Waals surface area contributed by atoms with E-state index < -0.39 is 21.4 Å². The maximum Gasteiger partial charge on any atom is 0.228 e. The van der Waals surface area contributed by atoms with E-state index >= 15 is 0 Å². The van der Waals surface area contributed by atoms with Crippen molar-refractivity contribution in [2.24, 2.45) is 0 Å². The number of ketones is 1. The SMILES string of the molecule is CS(=O)(=O)c1nc2ccccc2n1CC(=O)c1cc2c(cc1F)NC(=O)CC2. The Morgan fingerprint density at radius 2 is 2.00 bits per heavy atom. The van der Waals surface area contributed by atoms with Crippen LogP contribution in [0.3, 0.4) is 0 Å². The molecule has 0 unspecified atom stereocenters. The molecule has 1 aliphatic heterocycles. The second-order valence-corrected chi connectivity index (χ2v) is 8.61. The maximum absolute atomic E-state index is 14.5. The number of hydrogen-bond donors (Lipinski definition) is 1. The van der Waals surface area contributed by atoms with Crippen LogP contribution in [-0.2, 0) is 27.6 Å². The summed E-state index contributed by atoms with van der Waals surface area (Å²) in [6.07, 6.45) is 1.68. The lowest BCUT2D eigenvalue weighted by Gasteiger charge is -2.18. The Morgan fingerprint density at radius 3 is 2.75 bits per heavy atom. The summed E-state index contributed by atoms with van der Waals surface area (Å²) >= 11 is 0. The zero-order chi connectivity index (χ0) is 20.1. The molecule has 28 heavy (non-hydrogen) atoms. The molecular formula is C19H16FN3O4S. The highest BCUT2D eigenvalue weighted by Crippen LogP contribution is 2.27. The number of para-hydroxylation sites is 2. The smallest absolute Gasteiger partial charge is 0.228 e. The van der Waals surface area contributed by atoms with E-state index in [1.807, 2.05) is 0 Å². The van der Waals surface area contributed by atoms with Crippen molar-refractivity contribution < 1.29 is 22.4 Å². The number of carbonyl (C=O) groups is 2. The normalized spacial score (nSPS) is 14.0. The van der Waals surface area contributed by atoms with E-state index in [0.29, 0.717) is 28.7 Å². The molecule has 144 valence electrons. The van der Waals surface area contributed by atoms with Crippen LogP contribution in [0.2, 0.25) is 0 Å². The van der Waals surface area contributed by atoms with Gasteiger partial charge in [-0.25, -0.2) is 17.8 Å². The summed E-state index contributed by atoms with van der Waals surface area (Å²) in [5, 5.41) is 2.34. The van der Waals surface area contributed by atoms with Gasteiger partial charge in [0, 0.05) is 18.4 Å². The molecule has 3 aromatic rings. The summed E-state index contributed by atoms with van der Waals surface area (Å²) in [5.41, 5.74) is 1.79. The molecule has 1 N–H and O–H groups in total. The van der Waals surface area contributed by atoms with Crippen molar-refractivity contribution >= 4 is 38.2 Å². The van der Waals surface area contributed by atoms with Crippen LogP contribution in [-0.4, -0.2) is 35.9 Å². The van der Waals surface area contributed by atoms with Gasteiger partial charge in [-0.05, 0) is 36.2 Å². The number of Topliss-reactive ketones (excluding diaryl/α,β-unsaturated/α-hetero) is 1. The Labute approximate surface area is 160 Å². The van der Waals surface area contributed by atoms with Crippen LogP contribution in [0.25, 0.3) is 11.0 Å². The minimum Gasteiger partial charge on any atom is -0.326 e. The van der Waals surface area contributed by atoms with Gasteiger partial charge in [-0.2, -0.15) is 0 Å². The Kier molecular flexibility index (Phi) is 4.26. The van der Waals surface area contributed by atoms with Crippen molar-refractivity contribution in [3.63, 3.8) is 0 Å². The third-order valence-corrected chi connectivity index (χ3v) is 5.62. The highest BCUT2D eigenvalue weighted by molar-refractivity contribution is 7.90. The number of carbonyl (C=O) groups excluding carboxylic acids is 2. The van der Waals surface area contributed by atoms with Crippen LogP contribution in [0.5, 0.6) is 0 Å². The molecule has 9 heteroatoms. The van der Waals surface area contributed by atoms with Crippen molar-refractivity contribution in [2.45, 2.75) is 24.5 Å². The van der Waals surface area contributed by atoms with Gasteiger partial charge in [0.25, 0.3) is 0 Å². The molecule has 0 fully saturated rings. The minimum atomic E-state index is -3.70. The van der Waals surface area contributed by atoms with Gasteiger partial charge in [-0.15, -0.1) is 0 Å². The number of sulfone groups is 1. The molecule has 1 aliphatic rings. The number of aromatic nitrogens is 2. The maximum atomic E-state index is 14.5. The lowest BCUT2D eigenvalue weighted by molar-refractivity contribution is -0.116. The number of imidazole rings is 1. The predicted molar refractivity (Wildman–Crippen MR) is 101 cm³/mol. The molecule has 0 saturated heterocycles. The van der Waals surface area contributed by atoms with Crippen molar-refractivity contribution in [3.05, 3.63) is 53.3 Å². The number of halogens is 1. The summed E-state index contributed by atoms with van der Waals surface area (Å²) in [4.78, 5) is 28.4. The zero-order valence-corrected chi connectivity index (χ0v) is 15.7. The topological polar surface area (TPSA) is 98.1 Å². The third kappa shape index (κ3) is 3.18. The number of hydrogen-bond acceptors (Lipinski definition) is 5. The monoisotopic (exact) mass is 401 g/mol. The Balaban J connectivity index is 1.77. The molecule has 2 heterocycles. The summed E-state index contributed by atoms with van der Waals surface area (Å²) in [6.45, 7) is -0.370. The second-order valence-electron chi connectivity index (χ2n) is 6.70. The summed E-state index contributed by atoms with van der Waals surface area (Å²) in [6, 6.07) is 9.27. The Morgan fingerprint density at radius 1 is 1.25 bits per heavy atom. The standard InChI is InChI=1S/C19H16FN3O4S/c1-28(26,27)19-22-14-4-2-3-5-16(14)23(19)10-17(24)12-8-11-6-7-18(25)21-15(11)9-13(12)20/h2-5,8-9H,6-7,10H2,1H3,(H,21,25). The fourth-order valence-corrected chi connectivity index (χ4v) is 4.16. The van der Waals surface area contributed by atoms with E-state index in [4.69, 9.17) is 0 Å². The molecule has 0 saturated carbocycles. The van der Waals surface area contributed by atoms with Gasteiger partial charge in [0.05, 0.1) is 23.1 Å². The van der Waals surface area contributed by atoms with E-state index in [1.165, 1.54) is 10.6 Å². The van der Waals surface area contributed by atoms with Crippen LogP contribution in [0.4, 0.5) is 10.1 Å². The van der Waals surface area contributed by atoms with Crippen LogP contribution in [0.15, 0.2) is 41.6 Å². The molecule has 4 rings (SSSR count). The molecule has 2 aromatic carbocycles. The van der Waals surface area contributed by atoms with Gasteiger partial charge in [-0.1, -0.05) is 12.1 Å². The molecular weight excluding hydrogens is 385 g/mol. The average molecular weight is 401 g/mol. The van der Waals surface area contributed by atoms with Crippen molar-refractivity contribution in [1.82, 2.24) is 9.55 Å². The van der Waals surface area contributed by atoms with Crippen molar-refractivity contribution in [3.8, 4) is 0 Å². The summed E-state index contributed by atoms with van der Waals surface area (Å²) in [5.74, 6) is -1.55. The largest absolute Gasteiger partial charge is 0.326 e. The van der Waals surface area contributed by atoms with E-state index in [2.05, 4.69) is 10.3 Å². The van der Waals surface area contributed by atoms with Crippen LogP contribution in [0.1, 0.15) is 22.3 Å². The molecule has 1 aromatic heterocycles. The van der Waals surface area contributed by atoms with Gasteiger partial charge in [0.2, 0.25) is 20.9 Å². The van der Waals surface area contributed by atoms with E-state index in [9.17, 15) is 22.4 Å². The first-order valence-electron chi connectivity index (χ1n) is 8.55. The number of nitrogens with one attached hydrogen (secondary N) is 1. The van der Waals surface area contributed by atoms with Gasteiger partial charge in [-0.3, -0.25) is 9.59 Å². The number of amides is 1. The number of nitrogens with zero attached hydrogens (tertiary/aromatic N) is 2. The summed E-state index contributed by atoms with van der Waals surface area (Å²) in [7, 11) is -3.70. The first-order chi connectivity index (χ1) is 13.2.